The molecule has 4 nitrogen and oxygen atoms in total. The molecule has 0 spiro atoms. The molecule has 0 fully saturated rings. The van der Waals surface area contributed by atoms with E-state index in [1.54, 1.807) is 0 Å². The Labute approximate surface area is 253 Å². The monoisotopic (exact) mass is 554 g/mol. The average molecular weight is 555 g/mol. The third kappa shape index (κ3) is 3.96. The summed E-state index contributed by atoms with van der Waals surface area (Å²) in [5.74, 6) is 0.617. The van der Waals surface area contributed by atoms with Crippen LogP contribution in [0.25, 0.3) is 88.4 Å². The van der Waals surface area contributed by atoms with Gasteiger partial charge < -0.3 is 4.42 Å². The molecule has 0 atom stereocenters. The van der Waals surface area contributed by atoms with Crippen molar-refractivity contribution in [2.24, 2.45) is 0 Å². The molecule has 0 saturated heterocycles. The van der Waals surface area contributed by atoms with Gasteiger partial charge in [0.25, 0.3) is 0 Å². The smallest absolute Gasteiger partial charge is 0.164 e. The van der Waals surface area contributed by atoms with Gasteiger partial charge in [-0.15, -0.1) is 0 Å². The van der Waals surface area contributed by atoms with Crippen LogP contribution in [-0.2, 0) is 0 Å². The van der Waals surface area contributed by atoms with E-state index in [1.807, 2.05) is 66.7 Å². The van der Waals surface area contributed by atoms with Gasteiger partial charge in [-0.25, -0.2) is 15.0 Å². The van der Waals surface area contributed by atoms with Crippen LogP contribution in [0.5, 0.6) is 0 Å². The van der Waals surface area contributed by atoms with E-state index in [4.69, 9.17) is 26.2 Å². The summed E-state index contributed by atoms with van der Waals surface area (Å²) < 4.78 is 48.2. The van der Waals surface area contributed by atoms with Gasteiger partial charge in [0.2, 0.25) is 0 Å². The van der Waals surface area contributed by atoms with Crippen molar-refractivity contribution in [2.75, 3.05) is 0 Å². The quantitative estimate of drug-likeness (QED) is 0.204. The molecule has 0 bridgehead atoms. The number of aromatic nitrogens is 3. The van der Waals surface area contributed by atoms with Crippen LogP contribution in [-0.4, -0.2) is 15.0 Å². The minimum Gasteiger partial charge on any atom is -0.456 e. The highest BCUT2D eigenvalue weighted by atomic mass is 16.3. The first-order chi connectivity index (χ1) is 23.3. The van der Waals surface area contributed by atoms with Gasteiger partial charge in [0.05, 0.1) is 6.85 Å². The van der Waals surface area contributed by atoms with Crippen LogP contribution < -0.4 is 0 Å². The molecule has 200 valence electrons. The second-order valence-corrected chi connectivity index (χ2v) is 10.5. The first kappa shape index (κ1) is 19.3. The third-order valence-electron chi connectivity index (χ3n) is 7.96. The third-order valence-corrected chi connectivity index (χ3v) is 7.96. The van der Waals surface area contributed by atoms with Crippen molar-refractivity contribution in [1.82, 2.24) is 15.0 Å². The van der Waals surface area contributed by atoms with Crippen molar-refractivity contribution in [3.63, 3.8) is 0 Å². The highest BCUT2D eigenvalue weighted by Crippen LogP contribution is 2.35. The Kier molecular flexibility index (Phi) is 4.18. The van der Waals surface area contributed by atoms with Crippen LogP contribution in [0.4, 0.5) is 0 Å². The van der Waals surface area contributed by atoms with Crippen LogP contribution in [0, 0.1) is 0 Å². The molecule has 0 aliphatic heterocycles. The van der Waals surface area contributed by atoms with Gasteiger partial charge >= 0.3 is 0 Å². The molecule has 7 aromatic carbocycles. The van der Waals surface area contributed by atoms with Crippen molar-refractivity contribution in [2.45, 2.75) is 0 Å². The molecule has 2 aromatic heterocycles. The van der Waals surface area contributed by atoms with Gasteiger partial charge in [0.15, 0.2) is 17.5 Å². The van der Waals surface area contributed by atoms with Crippen LogP contribution >= 0.6 is 0 Å². The van der Waals surface area contributed by atoms with Crippen LogP contribution in [0.15, 0.2) is 144 Å². The van der Waals surface area contributed by atoms with Crippen LogP contribution in [0.2, 0.25) is 0 Å². The largest absolute Gasteiger partial charge is 0.456 e. The van der Waals surface area contributed by atoms with Crippen molar-refractivity contribution in [3.8, 4) is 34.2 Å². The normalized spacial score (nSPS) is 13.3. The predicted octanol–water partition coefficient (Wildman–Crippen LogP) is 10.2. The zero-order valence-corrected chi connectivity index (χ0v) is 22.6. The number of benzene rings is 7. The van der Waals surface area contributed by atoms with Gasteiger partial charge in [-0.3, -0.25) is 0 Å². The minimum absolute atomic E-state index is 0.00579. The maximum Gasteiger partial charge on any atom is 0.164 e. The second kappa shape index (κ2) is 9.33. The van der Waals surface area contributed by atoms with E-state index in [0.717, 1.165) is 48.7 Å². The lowest BCUT2D eigenvalue weighted by atomic mass is 10.00. The fourth-order valence-electron chi connectivity index (χ4n) is 5.86. The summed E-state index contributed by atoms with van der Waals surface area (Å²) in [5, 5.41) is 8.36. The Balaban J connectivity index is 1.29. The number of fused-ring (bicyclic) bond motifs is 7. The first-order valence-corrected chi connectivity index (χ1v) is 13.9. The molecule has 0 aliphatic carbocycles. The van der Waals surface area contributed by atoms with E-state index in [-0.39, 0.29) is 23.5 Å². The SMILES string of the molecule is [2H]c1c([2H])c([2H])c(-c2nc(-c3ccc4c(ccc5ccccc54)c3)nc(-c3ccc4oc5cc6ccccc6cc5c4c3)n2)c([2H])c1[2H]. The summed E-state index contributed by atoms with van der Waals surface area (Å²) in [7, 11) is 0. The summed E-state index contributed by atoms with van der Waals surface area (Å²) in [6.07, 6.45) is 0. The molecule has 0 N–H and O–H groups in total. The molecule has 0 radical (unpaired) electrons. The Bertz CT molecular complexity index is 2780. The zero-order valence-electron chi connectivity index (χ0n) is 27.6. The minimum atomic E-state index is -0.477. The molecular weight excluding hydrogens is 526 g/mol. The van der Waals surface area contributed by atoms with Gasteiger partial charge in [0, 0.05) is 27.5 Å². The average Bonchev–Trinajstić information content (AvgIpc) is 3.48. The molecule has 0 unspecified atom stereocenters. The molecular formula is C39H23N3O. The molecule has 0 amide bonds. The highest BCUT2D eigenvalue weighted by Gasteiger charge is 2.15. The number of hydrogen-bond donors (Lipinski definition) is 0. The van der Waals surface area contributed by atoms with E-state index in [0.29, 0.717) is 28.4 Å². The molecule has 0 saturated carbocycles. The van der Waals surface area contributed by atoms with Gasteiger partial charge in [-0.05, 0) is 68.7 Å². The standard InChI is InChI=1S/C39H23N3O/c1-2-9-25(10-3-1)37-40-38(29-16-18-32-28(20-29)15-14-24-8-6-7-13-31(24)32)42-39(41-37)30-17-19-35-33(22-30)34-21-26-11-4-5-12-27(26)23-36(34)43-35/h1-23H/i1D,2D,3D,9D,10D. The fourth-order valence-corrected chi connectivity index (χ4v) is 5.86. The van der Waals surface area contributed by atoms with E-state index < -0.39 is 18.1 Å². The molecule has 43 heavy (non-hydrogen) atoms. The Hall–Kier alpha value is -5.87. The summed E-state index contributed by atoms with van der Waals surface area (Å²) in [5.41, 5.74) is 2.77. The lowest BCUT2D eigenvalue weighted by molar-refractivity contribution is 0.669. The molecule has 0 aliphatic rings. The maximum atomic E-state index is 8.67. The number of nitrogens with zero attached hydrogens (tertiary/aromatic N) is 3. The predicted molar refractivity (Wildman–Crippen MR) is 176 cm³/mol. The van der Waals surface area contributed by atoms with E-state index >= 15 is 0 Å². The van der Waals surface area contributed by atoms with E-state index in [1.165, 1.54) is 0 Å². The lowest BCUT2D eigenvalue weighted by Gasteiger charge is -2.10. The summed E-state index contributed by atoms with van der Waals surface area (Å²) in [6.45, 7) is 0. The van der Waals surface area contributed by atoms with Gasteiger partial charge in [-0.1, -0.05) is 103 Å². The molecule has 4 heteroatoms. The number of furan rings is 1. The summed E-state index contributed by atoms with van der Waals surface area (Å²) in [4.78, 5) is 14.4. The van der Waals surface area contributed by atoms with Crippen LogP contribution in [0.1, 0.15) is 6.85 Å². The first-order valence-electron chi connectivity index (χ1n) is 16.4. The maximum absolute atomic E-state index is 8.67. The highest BCUT2D eigenvalue weighted by molar-refractivity contribution is 6.11. The molecule has 9 aromatic rings. The Morgan fingerprint density at radius 1 is 0.419 bits per heavy atom. The summed E-state index contributed by atoms with van der Waals surface area (Å²) >= 11 is 0. The summed E-state index contributed by atoms with van der Waals surface area (Å²) in [6, 6.07) is 34.1. The van der Waals surface area contributed by atoms with Gasteiger partial charge in [-0.2, -0.15) is 0 Å². The zero-order chi connectivity index (χ0) is 32.7. The van der Waals surface area contributed by atoms with Crippen LogP contribution in [0.3, 0.4) is 0 Å². The molecule has 2 heterocycles. The van der Waals surface area contributed by atoms with Crippen molar-refractivity contribution in [3.05, 3.63) is 139 Å². The van der Waals surface area contributed by atoms with E-state index in [9.17, 15) is 0 Å². The molecule has 9 rings (SSSR count). The topological polar surface area (TPSA) is 51.8 Å². The Morgan fingerprint density at radius 2 is 1.02 bits per heavy atom. The number of hydrogen-bond acceptors (Lipinski definition) is 4. The van der Waals surface area contributed by atoms with E-state index in [2.05, 4.69) is 42.5 Å². The van der Waals surface area contributed by atoms with Crippen molar-refractivity contribution in [1.29, 1.82) is 0 Å². The fraction of sp³-hybridized carbons (Fsp3) is 0. The van der Waals surface area contributed by atoms with Crippen molar-refractivity contribution >= 4 is 54.3 Å². The second-order valence-electron chi connectivity index (χ2n) is 10.5. The Morgan fingerprint density at radius 3 is 1.84 bits per heavy atom. The lowest BCUT2D eigenvalue weighted by Crippen LogP contribution is -2.00. The van der Waals surface area contributed by atoms with Gasteiger partial charge in [0.1, 0.15) is 11.2 Å². The van der Waals surface area contributed by atoms with Crippen molar-refractivity contribution < 1.29 is 11.3 Å². The number of rotatable bonds is 3.